The second-order valence-electron chi connectivity index (χ2n) is 5.30. The molecule has 0 radical (unpaired) electrons. The van der Waals surface area contributed by atoms with Gasteiger partial charge in [0.05, 0.1) is 17.1 Å². The first-order valence-corrected chi connectivity index (χ1v) is 10.1. The number of benzene rings is 1. The smallest absolute Gasteiger partial charge is 0.338 e. The van der Waals surface area contributed by atoms with E-state index in [2.05, 4.69) is 9.71 Å². The van der Waals surface area contributed by atoms with Gasteiger partial charge in [0.2, 0.25) is 0 Å². The van der Waals surface area contributed by atoms with Crippen LogP contribution in [0.15, 0.2) is 51.1 Å². The summed E-state index contributed by atoms with van der Waals surface area (Å²) in [6, 6.07) is 9.09. The molecule has 9 heteroatoms. The zero-order chi connectivity index (χ0) is 18.7. The molecule has 7 nitrogen and oxygen atoms in total. The fraction of sp³-hybridized carbons (Fsp3) is 0.176. The highest BCUT2D eigenvalue weighted by Crippen LogP contribution is 2.27. The maximum Gasteiger partial charge on any atom is 0.338 e. The first-order chi connectivity index (χ1) is 12.4. The molecule has 0 aliphatic carbocycles. The van der Waals surface area contributed by atoms with Crippen molar-refractivity contribution in [2.75, 3.05) is 11.3 Å². The Morgan fingerprint density at radius 3 is 2.58 bits per heavy atom. The van der Waals surface area contributed by atoms with E-state index in [0.29, 0.717) is 11.5 Å². The lowest BCUT2D eigenvalue weighted by atomic mass is 10.2. The Kier molecular flexibility index (Phi) is 5.10. The minimum atomic E-state index is -3.82. The number of hydrogen-bond donors (Lipinski definition) is 1. The van der Waals surface area contributed by atoms with E-state index in [1.165, 1.54) is 24.3 Å². The van der Waals surface area contributed by atoms with Gasteiger partial charge in [0.15, 0.2) is 10.9 Å². The first kappa shape index (κ1) is 18.2. The van der Waals surface area contributed by atoms with Crippen molar-refractivity contribution >= 4 is 32.5 Å². The van der Waals surface area contributed by atoms with Gasteiger partial charge in [0.1, 0.15) is 11.5 Å². The van der Waals surface area contributed by atoms with Gasteiger partial charge in [0, 0.05) is 5.38 Å². The third-order valence-corrected chi connectivity index (χ3v) is 5.64. The number of aryl methyl sites for hydroxylation is 1. The summed E-state index contributed by atoms with van der Waals surface area (Å²) >= 11 is 1.15. The van der Waals surface area contributed by atoms with E-state index in [-0.39, 0.29) is 22.2 Å². The van der Waals surface area contributed by atoms with Crippen LogP contribution in [0.1, 0.15) is 23.0 Å². The Balaban J connectivity index is 1.77. The van der Waals surface area contributed by atoms with Crippen LogP contribution in [0.3, 0.4) is 0 Å². The Morgan fingerprint density at radius 1 is 1.23 bits per heavy atom. The zero-order valence-electron chi connectivity index (χ0n) is 14.1. The molecule has 0 atom stereocenters. The SMILES string of the molecule is CCOC(=O)c1ccc(S(=O)(=O)Nc2nc(-c3ccc(C)o3)cs2)cc1. The number of ether oxygens (including phenoxy) is 1. The summed E-state index contributed by atoms with van der Waals surface area (Å²) in [6.07, 6.45) is 0. The quantitative estimate of drug-likeness (QED) is 0.643. The van der Waals surface area contributed by atoms with E-state index >= 15 is 0 Å². The average molecular weight is 392 g/mol. The number of carbonyl (C=O) groups excluding carboxylic acids is 1. The third kappa shape index (κ3) is 3.94. The highest BCUT2D eigenvalue weighted by atomic mass is 32.2. The van der Waals surface area contributed by atoms with Gasteiger partial charge in [-0.3, -0.25) is 4.72 Å². The number of sulfonamides is 1. The van der Waals surface area contributed by atoms with Gasteiger partial charge < -0.3 is 9.15 Å². The maximum atomic E-state index is 12.5. The van der Waals surface area contributed by atoms with Crippen molar-refractivity contribution in [3.8, 4) is 11.5 Å². The Morgan fingerprint density at radius 2 is 1.96 bits per heavy atom. The Bertz CT molecular complexity index is 1020. The number of nitrogens with zero attached hydrogens (tertiary/aromatic N) is 1. The molecule has 2 heterocycles. The van der Waals surface area contributed by atoms with E-state index in [1.807, 2.05) is 13.0 Å². The highest BCUT2D eigenvalue weighted by molar-refractivity contribution is 7.93. The average Bonchev–Trinajstić information content (AvgIpc) is 3.24. The predicted molar refractivity (Wildman–Crippen MR) is 97.8 cm³/mol. The van der Waals surface area contributed by atoms with Crippen molar-refractivity contribution in [2.24, 2.45) is 0 Å². The molecule has 0 spiro atoms. The van der Waals surface area contributed by atoms with Gasteiger partial charge in [-0.2, -0.15) is 0 Å². The van der Waals surface area contributed by atoms with E-state index in [0.717, 1.165) is 17.1 Å². The van der Waals surface area contributed by atoms with Crippen LogP contribution in [-0.4, -0.2) is 26.0 Å². The number of esters is 1. The van der Waals surface area contributed by atoms with Crippen LogP contribution in [0.25, 0.3) is 11.5 Å². The zero-order valence-corrected chi connectivity index (χ0v) is 15.7. The van der Waals surface area contributed by atoms with Crippen LogP contribution < -0.4 is 4.72 Å². The van der Waals surface area contributed by atoms with Gasteiger partial charge >= 0.3 is 5.97 Å². The molecule has 136 valence electrons. The molecule has 1 aromatic carbocycles. The molecule has 0 fully saturated rings. The molecule has 3 aromatic rings. The van der Waals surface area contributed by atoms with E-state index in [4.69, 9.17) is 9.15 Å². The minimum Gasteiger partial charge on any atom is -0.462 e. The molecule has 0 saturated carbocycles. The molecular formula is C17H16N2O5S2. The van der Waals surface area contributed by atoms with Gasteiger partial charge in [0.25, 0.3) is 10.0 Å². The largest absolute Gasteiger partial charge is 0.462 e. The van der Waals surface area contributed by atoms with Crippen LogP contribution in [0, 0.1) is 6.92 Å². The molecule has 0 amide bonds. The molecule has 26 heavy (non-hydrogen) atoms. The number of nitrogens with one attached hydrogen (secondary N) is 1. The number of aromatic nitrogens is 1. The molecule has 0 unspecified atom stereocenters. The summed E-state index contributed by atoms with van der Waals surface area (Å²) in [7, 11) is -3.82. The van der Waals surface area contributed by atoms with Gasteiger partial charge in [-0.25, -0.2) is 18.2 Å². The molecule has 0 aliphatic rings. The van der Waals surface area contributed by atoms with Gasteiger partial charge in [-0.15, -0.1) is 11.3 Å². The molecule has 3 rings (SSSR count). The summed E-state index contributed by atoms with van der Waals surface area (Å²) in [6.45, 7) is 3.77. The fourth-order valence-electron chi connectivity index (χ4n) is 2.16. The Hall–Kier alpha value is -2.65. The number of thiazole rings is 1. The van der Waals surface area contributed by atoms with Crippen molar-refractivity contribution in [3.05, 3.63) is 53.1 Å². The van der Waals surface area contributed by atoms with E-state index < -0.39 is 16.0 Å². The summed E-state index contributed by atoms with van der Waals surface area (Å²) in [5, 5.41) is 1.93. The topological polar surface area (TPSA) is 98.5 Å². The lowest BCUT2D eigenvalue weighted by Crippen LogP contribution is -2.13. The first-order valence-electron chi connectivity index (χ1n) is 7.71. The van der Waals surface area contributed by atoms with Crippen molar-refractivity contribution in [1.82, 2.24) is 4.98 Å². The van der Waals surface area contributed by atoms with Crippen molar-refractivity contribution in [2.45, 2.75) is 18.7 Å². The fourth-order valence-corrected chi connectivity index (χ4v) is 4.12. The molecular weight excluding hydrogens is 376 g/mol. The number of anilines is 1. The standard InChI is InChI=1S/C17H16N2O5S2/c1-3-23-16(20)12-5-7-13(8-6-12)26(21,22)19-17-18-14(10-25-17)15-9-4-11(2)24-15/h4-10H,3H2,1-2H3,(H,18,19). The lowest BCUT2D eigenvalue weighted by Gasteiger charge is -2.06. The summed E-state index contributed by atoms with van der Waals surface area (Å²) in [4.78, 5) is 15.9. The molecule has 0 saturated heterocycles. The predicted octanol–water partition coefficient (Wildman–Crippen LogP) is 3.69. The molecule has 0 aliphatic heterocycles. The normalized spacial score (nSPS) is 11.3. The minimum absolute atomic E-state index is 0.0242. The van der Waals surface area contributed by atoms with Crippen LogP contribution in [0.5, 0.6) is 0 Å². The number of furan rings is 1. The number of rotatable bonds is 6. The van der Waals surface area contributed by atoms with Crippen LogP contribution in [-0.2, 0) is 14.8 Å². The Labute approximate surface area is 154 Å². The maximum absolute atomic E-state index is 12.5. The lowest BCUT2D eigenvalue weighted by molar-refractivity contribution is 0.0526. The van der Waals surface area contributed by atoms with E-state index in [1.54, 1.807) is 18.4 Å². The van der Waals surface area contributed by atoms with Gasteiger partial charge in [-0.1, -0.05) is 0 Å². The summed E-state index contributed by atoms with van der Waals surface area (Å²) in [5.41, 5.74) is 0.842. The molecule has 1 N–H and O–H groups in total. The van der Waals surface area contributed by atoms with Crippen LogP contribution in [0.2, 0.25) is 0 Å². The molecule has 0 bridgehead atoms. The summed E-state index contributed by atoms with van der Waals surface area (Å²) < 4.78 is 37.7. The van der Waals surface area contributed by atoms with Gasteiger partial charge in [-0.05, 0) is 50.2 Å². The van der Waals surface area contributed by atoms with Crippen molar-refractivity contribution in [3.63, 3.8) is 0 Å². The highest BCUT2D eigenvalue weighted by Gasteiger charge is 2.18. The summed E-state index contributed by atoms with van der Waals surface area (Å²) in [5.74, 6) is 0.822. The van der Waals surface area contributed by atoms with Crippen LogP contribution in [0.4, 0.5) is 5.13 Å². The second-order valence-corrected chi connectivity index (χ2v) is 7.84. The van der Waals surface area contributed by atoms with Crippen molar-refractivity contribution in [1.29, 1.82) is 0 Å². The van der Waals surface area contributed by atoms with Crippen molar-refractivity contribution < 1.29 is 22.4 Å². The molecule has 2 aromatic heterocycles. The third-order valence-electron chi connectivity index (χ3n) is 3.39. The van der Waals surface area contributed by atoms with Crippen LogP contribution >= 0.6 is 11.3 Å². The number of hydrogen-bond acceptors (Lipinski definition) is 7. The second kappa shape index (κ2) is 7.30. The monoisotopic (exact) mass is 392 g/mol. The van der Waals surface area contributed by atoms with E-state index in [9.17, 15) is 13.2 Å². The number of carbonyl (C=O) groups is 1.